The molecule has 1 aliphatic heterocycles. The molecule has 0 bridgehead atoms. The van der Waals surface area contributed by atoms with Crippen LogP contribution >= 0.6 is 0 Å². The summed E-state index contributed by atoms with van der Waals surface area (Å²) in [4.78, 5) is 22.3. The number of carbonyl (C=O) groups is 1. The van der Waals surface area contributed by atoms with Crippen molar-refractivity contribution in [2.75, 3.05) is 13.1 Å². The molecule has 1 aliphatic rings. The summed E-state index contributed by atoms with van der Waals surface area (Å²) < 4.78 is 5.77. The molecule has 1 fully saturated rings. The highest BCUT2D eigenvalue weighted by atomic mass is 16.5. The van der Waals surface area contributed by atoms with Crippen LogP contribution in [-0.4, -0.2) is 40.0 Å². The number of hydrogen-bond donors (Lipinski definition) is 0. The highest BCUT2D eigenvalue weighted by Gasteiger charge is 2.27. The maximum absolute atomic E-state index is 12.3. The molecule has 1 aromatic carbocycles. The normalized spacial score (nSPS) is 17.0. The second-order valence-electron chi connectivity index (χ2n) is 6.10. The summed E-state index contributed by atoms with van der Waals surface area (Å²) in [6.45, 7) is 1.41. The highest BCUT2D eigenvalue weighted by molar-refractivity contribution is 5.76. The first-order valence-corrected chi connectivity index (χ1v) is 8.55. The lowest BCUT2D eigenvalue weighted by molar-refractivity contribution is -0.130. The maximum Gasteiger partial charge on any atom is 0.232 e. The number of aromatic nitrogens is 2. The largest absolute Gasteiger partial charge is 0.471 e. The van der Waals surface area contributed by atoms with E-state index in [1.54, 1.807) is 18.6 Å². The molecule has 0 saturated carbocycles. The number of likely N-dealkylation sites (tertiary alicyclic amines) is 1. The third-order valence-electron chi connectivity index (χ3n) is 4.27. The Kier molecular flexibility index (Phi) is 5.77. The molecule has 0 aliphatic carbocycles. The van der Waals surface area contributed by atoms with E-state index in [2.05, 4.69) is 34.2 Å². The van der Waals surface area contributed by atoms with E-state index in [-0.39, 0.29) is 12.0 Å². The van der Waals surface area contributed by atoms with E-state index in [4.69, 9.17) is 4.74 Å². The minimum atomic E-state index is 0.0231. The second kappa shape index (κ2) is 8.43. The van der Waals surface area contributed by atoms with Gasteiger partial charge in [-0.1, -0.05) is 30.3 Å². The van der Waals surface area contributed by atoms with Gasteiger partial charge in [-0.25, -0.2) is 4.98 Å². The van der Waals surface area contributed by atoms with Crippen molar-refractivity contribution >= 4 is 5.91 Å². The van der Waals surface area contributed by atoms with Crippen molar-refractivity contribution in [3.05, 3.63) is 54.5 Å². The van der Waals surface area contributed by atoms with Gasteiger partial charge in [-0.15, -0.1) is 0 Å². The summed E-state index contributed by atoms with van der Waals surface area (Å²) in [7, 11) is 0. The maximum atomic E-state index is 12.3. The van der Waals surface area contributed by atoms with Gasteiger partial charge in [-0.2, -0.15) is 0 Å². The first-order chi connectivity index (χ1) is 11.8. The van der Waals surface area contributed by atoms with Crippen LogP contribution in [0.1, 0.15) is 31.2 Å². The molecule has 2 aromatic rings. The molecule has 1 amide bonds. The van der Waals surface area contributed by atoms with Gasteiger partial charge < -0.3 is 9.64 Å². The second-order valence-corrected chi connectivity index (χ2v) is 6.10. The molecule has 1 saturated heterocycles. The quantitative estimate of drug-likeness (QED) is 0.735. The Bertz CT molecular complexity index is 634. The van der Waals surface area contributed by atoms with E-state index in [0.29, 0.717) is 18.8 Å². The molecule has 1 unspecified atom stereocenters. The fraction of sp³-hybridized carbons (Fsp3) is 0.421. The minimum Gasteiger partial charge on any atom is -0.471 e. The molecule has 126 valence electrons. The fourth-order valence-corrected chi connectivity index (χ4v) is 2.98. The van der Waals surface area contributed by atoms with Crippen LogP contribution in [0.5, 0.6) is 5.88 Å². The summed E-state index contributed by atoms with van der Waals surface area (Å²) in [6.07, 6.45) is 9.34. The Morgan fingerprint density at radius 3 is 2.88 bits per heavy atom. The molecular weight excluding hydrogens is 302 g/mol. The number of carbonyl (C=O) groups excluding carboxylic acids is 1. The van der Waals surface area contributed by atoms with Gasteiger partial charge in [-0.05, 0) is 24.8 Å². The number of hydrogen-bond acceptors (Lipinski definition) is 4. The summed E-state index contributed by atoms with van der Waals surface area (Å²) >= 11 is 0. The van der Waals surface area contributed by atoms with Gasteiger partial charge in [0.2, 0.25) is 11.8 Å². The summed E-state index contributed by atoms with van der Waals surface area (Å²) in [6, 6.07) is 10.4. The SMILES string of the molecule is O=C(CCCCc1ccccc1)N1CCC(Oc2cnccn2)C1. The Morgan fingerprint density at radius 2 is 2.08 bits per heavy atom. The van der Waals surface area contributed by atoms with Crippen molar-refractivity contribution in [2.45, 2.75) is 38.2 Å². The molecule has 1 aromatic heterocycles. The summed E-state index contributed by atoms with van der Waals surface area (Å²) in [5.74, 6) is 0.757. The molecule has 0 spiro atoms. The van der Waals surface area contributed by atoms with Crippen molar-refractivity contribution in [3.63, 3.8) is 0 Å². The van der Waals surface area contributed by atoms with Gasteiger partial charge in [0.1, 0.15) is 6.10 Å². The number of rotatable bonds is 7. The third kappa shape index (κ3) is 4.78. The molecule has 5 heteroatoms. The van der Waals surface area contributed by atoms with Crippen LogP contribution in [0.4, 0.5) is 0 Å². The van der Waals surface area contributed by atoms with E-state index >= 15 is 0 Å². The van der Waals surface area contributed by atoms with Crippen LogP contribution < -0.4 is 4.74 Å². The summed E-state index contributed by atoms with van der Waals surface area (Å²) in [5, 5.41) is 0. The number of nitrogens with zero attached hydrogens (tertiary/aromatic N) is 3. The number of unbranched alkanes of at least 4 members (excludes halogenated alkanes) is 1. The lowest BCUT2D eigenvalue weighted by Gasteiger charge is -2.16. The van der Waals surface area contributed by atoms with Crippen LogP contribution in [0.2, 0.25) is 0 Å². The molecule has 3 rings (SSSR count). The Morgan fingerprint density at radius 1 is 1.21 bits per heavy atom. The number of aryl methyl sites for hydroxylation is 1. The lowest BCUT2D eigenvalue weighted by Crippen LogP contribution is -2.30. The van der Waals surface area contributed by atoms with Crippen molar-refractivity contribution in [2.24, 2.45) is 0 Å². The van der Waals surface area contributed by atoms with Crippen LogP contribution in [-0.2, 0) is 11.2 Å². The third-order valence-corrected chi connectivity index (χ3v) is 4.27. The first-order valence-electron chi connectivity index (χ1n) is 8.55. The van der Waals surface area contributed by atoms with Gasteiger partial charge in [0, 0.05) is 31.8 Å². The van der Waals surface area contributed by atoms with Crippen molar-refractivity contribution < 1.29 is 9.53 Å². The van der Waals surface area contributed by atoms with Crippen molar-refractivity contribution in [3.8, 4) is 5.88 Å². The van der Waals surface area contributed by atoms with Crippen LogP contribution in [0, 0.1) is 0 Å². The molecule has 5 nitrogen and oxygen atoms in total. The van der Waals surface area contributed by atoms with Crippen molar-refractivity contribution in [1.82, 2.24) is 14.9 Å². The Labute approximate surface area is 142 Å². The molecule has 1 atom stereocenters. The van der Waals surface area contributed by atoms with Gasteiger partial charge in [0.25, 0.3) is 0 Å². The predicted octanol–water partition coefficient (Wildman–Crippen LogP) is 2.87. The molecule has 2 heterocycles. The lowest BCUT2D eigenvalue weighted by atomic mass is 10.1. The van der Waals surface area contributed by atoms with E-state index in [0.717, 1.165) is 32.2 Å². The Hall–Kier alpha value is -2.43. The highest BCUT2D eigenvalue weighted by Crippen LogP contribution is 2.17. The van der Waals surface area contributed by atoms with Crippen LogP contribution in [0.25, 0.3) is 0 Å². The van der Waals surface area contributed by atoms with Gasteiger partial charge in [-0.3, -0.25) is 9.78 Å². The van der Waals surface area contributed by atoms with Gasteiger partial charge in [0.15, 0.2) is 0 Å². The van der Waals surface area contributed by atoms with Crippen LogP contribution in [0.3, 0.4) is 0 Å². The number of ether oxygens (including phenoxy) is 1. The molecule has 0 radical (unpaired) electrons. The van der Waals surface area contributed by atoms with E-state index < -0.39 is 0 Å². The summed E-state index contributed by atoms with van der Waals surface area (Å²) in [5.41, 5.74) is 1.34. The zero-order valence-corrected chi connectivity index (χ0v) is 13.8. The zero-order chi connectivity index (χ0) is 16.6. The topological polar surface area (TPSA) is 55.3 Å². The van der Waals surface area contributed by atoms with Gasteiger partial charge in [0.05, 0.1) is 12.7 Å². The smallest absolute Gasteiger partial charge is 0.232 e. The monoisotopic (exact) mass is 325 g/mol. The van der Waals surface area contributed by atoms with E-state index in [1.807, 2.05) is 11.0 Å². The van der Waals surface area contributed by atoms with Crippen molar-refractivity contribution in [1.29, 1.82) is 0 Å². The fourth-order valence-electron chi connectivity index (χ4n) is 2.98. The minimum absolute atomic E-state index is 0.0231. The number of amides is 1. The van der Waals surface area contributed by atoms with E-state index in [9.17, 15) is 4.79 Å². The van der Waals surface area contributed by atoms with Gasteiger partial charge >= 0.3 is 0 Å². The molecule has 0 N–H and O–H groups in total. The average Bonchev–Trinajstić information content (AvgIpc) is 3.09. The average molecular weight is 325 g/mol. The Balaban J connectivity index is 1.35. The first kappa shape index (κ1) is 16.4. The molecular formula is C19H23N3O2. The zero-order valence-electron chi connectivity index (χ0n) is 13.8. The molecule has 24 heavy (non-hydrogen) atoms. The standard InChI is InChI=1S/C19H23N3O2/c23-19(9-5-4-8-16-6-2-1-3-7-16)22-13-10-17(15-22)24-18-14-20-11-12-21-18/h1-3,6-7,11-12,14,17H,4-5,8-10,13,15H2. The van der Waals surface area contributed by atoms with E-state index in [1.165, 1.54) is 5.56 Å². The number of benzene rings is 1. The predicted molar refractivity (Wildman–Crippen MR) is 91.6 cm³/mol. The van der Waals surface area contributed by atoms with Crippen LogP contribution in [0.15, 0.2) is 48.9 Å².